The average molecular weight is 240 g/mol. The summed E-state index contributed by atoms with van der Waals surface area (Å²) in [5.41, 5.74) is 7.87. The van der Waals surface area contributed by atoms with Gasteiger partial charge in [0, 0.05) is 12.7 Å². The molecule has 3 N–H and O–H groups in total. The number of benzene rings is 1. The zero-order valence-corrected chi connectivity index (χ0v) is 9.63. The molecule has 0 bridgehead atoms. The number of fused-ring (bicyclic) bond motifs is 1. The summed E-state index contributed by atoms with van der Waals surface area (Å²) in [4.78, 5) is 4.29. The van der Waals surface area contributed by atoms with Crippen molar-refractivity contribution in [3.05, 3.63) is 48.2 Å². The van der Waals surface area contributed by atoms with Crippen molar-refractivity contribution in [2.24, 2.45) is 5.73 Å². The summed E-state index contributed by atoms with van der Waals surface area (Å²) in [6.45, 7) is 0.466. The van der Waals surface area contributed by atoms with E-state index < -0.39 is 0 Å². The van der Waals surface area contributed by atoms with Crippen molar-refractivity contribution in [1.82, 2.24) is 4.98 Å². The maximum absolute atomic E-state index is 9.72. The lowest BCUT2D eigenvalue weighted by molar-refractivity contribution is 0.481. The number of rotatable bonds is 2. The number of pyridine rings is 1. The molecule has 2 aromatic heterocycles. The first-order chi connectivity index (χ1) is 8.78. The first-order valence-electron chi connectivity index (χ1n) is 5.65. The highest BCUT2D eigenvalue weighted by atomic mass is 16.3. The number of phenolic OH excluding ortho intramolecular Hbond substituents is 1. The molecule has 18 heavy (non-hydrogen) atoms. The van der Waals surface area contributed by atoms with Crippen LogP contribution in [0.1, 0.15) is 5.56 Å². The molecule has 0 atom stereocenters. The van der Waals surface area contributed by atoms with E-state index >= 15 is 0 Å². The third kappa shape index (κ3) is 1.72. The smallest absolute Gasteiger partial charge is 0.153 e. The molecule has 2 heterocycles. The predicted octanol–water partition coefficient (Wildman–Crippen LogP) is 2.66. The number of phenols is 1. The normalized spacial score (nSPS) is 10.9. The van der Waals surface area contributed by atoms with Gasteiger partial charge in [-0.3, -0.25) is 4.98 Å². The van der Waals surface area contributed by atoms with Crippen molar-refractivity contribution in [3.63, 3.8) is 0 Å². The summed E-state index contributed by atoms with van der Waals surface area (Å²) in [6.07, 6.45) is 1.72. The fourth-order valence-electron chi connectivity index (χ4n) is 1.86. The van der Waals surface area contributed by atoms with Gasteiger partial charge in [0.25, 0.3) is 0 Å². The van der Waals surface area contributed by atoms with E-state index in [9.17, 15) is 5.11 Å². The third-order valence-corrected chi connectivity index (χ3v) is 2.85. The van der Waals surface area contributed by atoms with Gasteiger partial charge in [-0.15, -0.1) is 0 Å². The molecule has 4 nitrogen and oxygen atoms in total. The summed E-state index contributed by atoms with van der Waals surface area (Å²) in [5, 5.41) is 10.4. The highest BCUT2D eigenvalue weighted by Gasteiger charge is 2.09. The molecule has 0 aliphatic carbocycles. The Morgan fingerprint density at radius 1 is 1.22 bits per heavy atom. The van der Waals surface area contributed by atoms with Crippen LogP contribution in [0.5, 0.6) is 5.75 Å². The molecule has 0 fully saturated rings. The van der Waals surface area contributed by atoms with Crippen LogP contribution in [0.25, 0.3) is 22.4 Å². The molecule has 0 amide bonds. The van der Waals surface area contributed by atoms with Crippen LogP contribution < -0.4 is 5.73 Å². The van der Waals surface area contributed by atoms with E-state index in [1.165, 1.54) is 0 Å². The number of nitrogens with two attached hydrogens (primary N) is 1. The number of furan rings is 1. The number of hydrogen-bond donors (Lipinski definition) is 2. The highest BCUT2D eigenvalue weighted by molar-refractivity contribution is 5.87. The first kappa shape index (κ1) is 10.8. The molecule has 0 aliphatic heterocycles. The molecule has 0 saturated carbocycles. The standard InChI is InChI=1S/C14H12N2O2/c15-7-9-4-5-11(16-8-9)14-6-10-12(17)2-1-3-13(10)18-14/h1-6,8,17H,7,15H2. The minimum absolute atomic E-state index is 0.209. The van der Waals surface area contributed by atoms with Gasteiger partial charge in [-0.05, 0) is 29.8 Å². The lowest BCUT2D eigenvalue weighted by Crippen LogP contribution is -1.96. The van der Waals surface area contributed by atoms with Gasteiger partial charge in [0.1, 0.15) is 17.0 Å². The quantitative estimate of drug-likeness (QED) is 0.722. The van der Waals surface area contributed by atoms with Gasteiger partial charge < -0.3 is 15.3 Å². The molecule has 0 aliphatic rings. The van der Waals surface area contributed by atoms with Gasteiger partial charge in [-0.1, -0.05) is 12.1 Å². The minimum atomic E-state index is 0.209. The number of hydrogen-bond acceptors (Lipinski definition) is 4. The van der Waals surface area contributed by atoms with Crippen molar-refractivity contribution >= 4 is 11.0 Å². The summed E-state index contributed by atoms with van der Waals surface area (Å²) in [6, 6.07) is 10.7. The number of aromatic hydroxyl groups is 1. The lowest BCUT2D eigenvalue weighted by atomic mass is 10.2. The molecule has 90 valence electrons. The Morgan fingerprint density at radius 3 is 2.78 bits per heavy atom. The Morgan fingerprint density at radius 2 is 2.11 bits per heavy atom. The maximum atomic E-state index is 9.72. The summed E-state index contributed by atoms with van der Waals surface area (Å²) < 4.78 is 5.65. The Kier molecular flexibility index (Phi) is 2.50. The molecule has 0 unspecified atom stereocenters. The Balaban J connectivity index is 2.10. The molecule has 0 spiro atoms. The summed E-state index contributed by atoms with van der Waals surface area (Å²) in [7, 11) is 0. The third-order valence-electron chi connectivity index (χ3n) is 2.85. The Bertz CT molecular complexity index is 687. The lowest BCUT2D eigenvalue weighted by Gasteiger charge is -1.97. The topological polar surface area (TPSA) is 72.3 Å². The summed E-state index contributed by atoms with van der Waals surface area (Å²) >= 11 is 0. The van der Waals surface area contributed by atoms with E-state index in [1.807, 2.05) is 18.2 Å². The predicted molar refractivity (Wildman–Crippen MR) is 69.0 cm³/mol. The Hall–Kier alpha value is -2.33. The average Bonchev–Trinajstić information content (AvgIpc) is 2.84. The van der Waals surface area contributed by atoms with E-state index in [2.05, 4.69) is 4.98 Å². The van der Waals surface area contributed by atoms with Gasteiger partial charge in [0.15, 0.2) is 5.76 Å². The van der Waals surface area contributed by atoms with Gasteiger partial charge in [0.05, 0.1) is 5.39 Å². The van der Waals surface area contributed by atoms with Crippen LogP contribution in [0.3, 0.4) is 0 Å². The van der Waals surface area contributed by atoms with E-state index in [0.29, 0.717) is 23.3 Å². The van der Waals surface area contributed by atoms with Crippen molar-refractivity contribution in [2.45, 2.75) is 6.54 Å². The van der Waals surface area contributed by atoms with Crippen molar-refractivity contribution in [2.75, 3.05) is 0 Å². The van der Waals surface area contributed by atoms with Crippen LogP contribution in [0.2, 0.25) is 0 Å². The minimum Gasteiger partial charge on any atom is -0.507 e. The molecule has 0 radical (unpaired) electrons. The molecule has 3 rings (SSSR count). The fourth-order valence-corrected chi connectivity index (χ4v) is 1.86. The monoisotopic (exact) mass is 240 g/mol. The highest BCUT2D eigenvalue weighted by Crippen LogP contribution is 2.31. The Labute approximate surface area is 104 Å². The van der Waals surface area contributed by atoms with Crippen molar-refractivity contribution in [3.8, 4) is 17.2 Å². The molecule has 0 saturated heterocycles. The second-order valence-corrected chi connectivity index (χ2v) is 4.06. The molecular weight excluding hydrogens is 228 g/mol. The van der Waals surface area contributed by atoms with Crippen LogP contribution in [-0.2, 0) is 6.54 Å². The zero-order valence-electron chi connectivity index (χ0n) is 9.63. The van der Waals surface area contributed by atoms with Gasteiger partial charge >= 0.3 is 0 Å². The van der Waals surface area contributed by atoms with E-state index in [-0.39, 0.29) is 5.75 Å². The number of aromatic nitrogens is 1. The fraction of sp³-hybridized carbons (Fsp3) is 0.0714. The van der Waals surface area contributed by atoms with E-state index in [0.717, 1.165) is 11.3 Å². The first-order valence-corrected chi connectivity index (χ1v) is 5.65. The molecule has 4 heteroatoms. The van der Waals surface area contributed by atoms with Crippen molar-refractivity contribution < 1.29 is 9.52 Å². The molecule has 1 aromatic carbocycles. The van der Waals surface area contributed by atoms with Gasteiger partial charge in [0.2, 0.25) is 0 Å². The second kappa shape index (κ2) is 4.16. The largest absolute Gasteiger partial charge is 0.507 e. The maximum Gasteiger partial charge on any atom is 0.153 e. The molecular formula is C14H12N2O2. The van der Waals surface area contributed by atoms with Crippen molar-refractivity contribution in [1.29, 1.82) is 0 Å². The zero-order chi connectivity index (χ0) is 12.5. The van der Waals surface area contributed by atoms with Crippen LogP contribution in [-0.4, -0.2) is 10.1 Å². The van der Waals surface area contributed by atoms with E-state index in [1.54, 1.807) is 24.4 Å². The van der Waals surface area contributed by atoms with Crippen LogP contribution in [0.4, 0.5) is 0 Å². The van der Waals surface area contributed by atoms with E-state index in [4.69, 9.17) is 10.2 Å². The second-order valence-electron chi connectivity index (χ2n) is 4.06. The number of nitrogens with zero attached hydrogens (tertiary/aromatic N) is 1. The van der Waals surface area contributed by atoms with Crippen LogP contribution in [0, 0.1) is 0 Å². The van der Waals surface area contributed by atoms with Gasteiger partial charge in [-0.2, -0.15) is 0 Å². The van der Waals surface area contributed by atoms with Crippen LogP contribution >= 0.6 is 0 Å². The molecule has 3 aromatic rings. The van der Waals surface area contributed by atoms with Crippen LogP contribution in [0.15, 0.2) is 47.0 Å². The SMILES string of the molecule is NCc1ccc(-c2cc3c(O)cccc3o2)nc1. The van der Waals surface area contributed by atoms with Gasteiger partial charge in [-0.25, -0.2) is 0 Å². The summed E-state index contributed by atoms with van der Waals surface area (Å²) in [5.74, 6) is 0.844.